The Morgan fingerprint density at radius 2 is 1.88 bits per heavy atom. The quantitative estimate of drug-likeness (QED) is 0.749. The number of amides is 1. The number of ether oxygens (including phenoxy) is 2. The molecule has 0 unspecified atom stereocenters. The van der Waals surface area contributed by atoms with Gasteiger partial charge in [-0.05, 0) is 31.2 Å². The van der Waals surface area contributed by atoms with Crippen LogP contribution < -0.4 is 5.32 Å². The van der Waals surface area contributed by atoms with Crippen LogP contribution in [0.15, 0.2) is 28.7 Å². The Morgan fingerprint density at radius 1 is 1.15 bits per heavy atom. The zero-order valence-corrected chi connectivity index (χ0v) is 15.4. The van der Waals surface area contributed by atoms with Crippen molar-refractivity contribution in [2.75, 3.05) is 13.7 Å². The predicted octanol–water partition coefficient (Wildman–Crippen LogP) is 3.15. The van der Waals surface area contributed by atoms with E-state index in [0.29, 0.717) is 10.6 Å². The first kappa shape index (κ1) is 19.8. The summed E-state index contributed by atoms with van der Waals surface area (Å²) in [6.45, 7) is 1.14. The molecule has 1 heterocycles. The van der Waals surface area contributed by atoms with Crippen LogP contribution in [-0.2, 0) is 20.9 Å². The smallest absolute Gasteiger partial charge is 0.374 e. The molecule has 0 saturated carbocycles. The minimum Gasteiger partial charge on any atom is -0.463 e. The van der Waals surface area contributed by atoms with E-state index in [1.807, 2.05) is 0 Å². The first-order valence-electron chi connectivity index (χ1n) is 7.38. The molecular weight excluding hydrogens is 385 g/mol. The van der Waals surface area contributed by atoms with Crippen LogP contribution in [0.5, 0.6) is 0 Å². The van der Waals surface area contributed by atoms with E-state index in [2.05, 4.69) is 10.1 Å². The molecule has 0 aliphatic carbocycles. The van der Waals surface area contributed by atoms with Gasteiger partial charge in [-0.25, -0.2) is 4.79 Å². The minimum atomic E-state index is -0.674. The number of carbonyl (C=O) groups is 3. The van der Waals surface area contributed by atoms with Gasteiger partial charge in [-0.1, -0.05) is 23.2 Å². The highest BCUT2D eigenvalue weighted by Gasteiger charge is 2.17. The molecule has 1 aromatic heterocycles. The molecule has 2 aromatic rings. The monoisotopic (exact) mass is 399 g/mol. The second kappa shape index (κ2) is 8.73. The van der Waals surface area contributed by atoms with Crippen LogP contribution in [0.1, 0.15) is 32.2 Å². The number of aryl methyl sites for hydroxylation is 1. The predicted molar refractivity (Wildman–Crippen MR) is 93.4 cm³/mol. The number of hydrogen-bond acceptors (Lipinski definition) is 6. The molecule has 0 aliphatic rings. The van der Waals surface area contributed by atoms with Crippen molar-refractivity contribution in [1.29, 1.82) is 0 Å². The SMILES string of the molecule is COC(=O)c1oc(COC(=O)CNC(=O)c2ccc(Cl)c(Cl)c2)cc1C. The number of esters is 2. The van der Waals surface area contributed by atoms with Gasteiger partial charge in [-0.2, -0.15) is 0 Å². The van der Waals surface area contributed by atoms with E-state index in [9.17, 15) is 14.4 Å². The van der Waals surface area contributed by atoms with Crippen molar-refractivity contribution in [3.8, 4) is 0 Å². The lowest BCUT2D eigenvalue weighted by Gasteiger charge is -2.06. The summed E-state index contributed by atoms with van der Waals surface area (Å²) >= 11 is 11.6. The zero-order chi connectivity index (χ0) is 19.3. The molecule has 1 aromatic carbocycles. The lowest BCUT2D eigenvalue weighted by atomic mass is 10.2. The third kappa shape index (κ3) is 5.00. The Kier molecular flexibility index (Phi) is 6.65. The lowest BCUT2D eigenvalue weighted by Crippen LogP contribution is -2.30. The van der Waals surface area contributed by atoms with Gasteiger partial charge in [0.25, 0.3) is 5.91 Å². The largest absolute Gasteiger partial charge is 0.463 e. The molecule has 0 radical (unpaired) electrons. The summed E-state index contributed by atoms with van der Waals surface area (Å²) in [5.74, 6) is -1.46. The molecule has 0 spiro atoms. The van der Waals surface area contributed by atoms with Crippen molar-refractivity contribution in [3.05, 3.63) is 57.0 Å². The van der Waals surface area contributed by atoms with Gasteiger partial charge in [-0.15, -0.1) is 0 Å². The van der Waals surface area contributed by atoms with E-state index in [4.69, 9.17) is 32.4 Å². The number of methoxy groups -OCH3 is 1. The van der Waals surface area contributed by atoms with Gasteiger partial charge < -0.3 is 19.2 Å². The molecule has 1 amide bonds. The van der Waals surface area contributed by atoms with Crippen molar-refractivity contribution < 1.29 is 28.3 Å². The summed E-state index contributed by atoms with van der Waals surface area (Å²) in [5.41, 5.74) is 0.826. The van der Waals surface area contributed by atoms with Gasteiger partial charge in [0.05, 0.1) is 17.2 Å². The van der Waals surface area contributed by atoms with E-state index >= 15 is 0 Å². The molecule has 26 heavy (non-hydrogen) atoms. The molecule has 0 atom stereocenters. The molecule has 2 rings (SSSR count). The summed E-state index contributed by atoms with van der Waals surface area (Å²) in [4.78, 5) is 35.1. The van der Waals surface area contributed by atoms with E-state index < -0.39 is 17.8 Å². The Hall–Kier alpha value is -2.51. The second-order valence-electron chi connectivity index (χ2n) is 5.19. The molecule has 0 bridgehead atoms. The maximum Gasteiger partial charge on any atom is 0.374 e. The summed E-state index contributed by atoms with van der Waals surface area (Å²) in [6, 6.07) is 5.92. The molecule has 0 aliphatic heterocycles. The first-order chi connectivity index (χ1) is 12.3. The maximum atomic E-state index is 12.0. The normalized spacial score (nSPS) is 10.3. The van der Waals surface area contributed by atoms with Gasteiger partial charge in [0.15, 0.2) is 0 Å². The fraction of sp³-hybridized carbons (Fsp3) is 0.235. The highest BCUT2D eigenvalue weighted by atomic mass is 35.5. The van der Waals surface area contributed by atoms with Crippen molar-refractivity contribution in [3.63, 3.8) is 0 Å². The average molecular weight is 400 g/mol. The molecule has 0 fully saturated rings. The van der Waals surface area contributed by atoms with Crippen LogP contribution in [0.3, 0.4) is 0 Å². The standard InChI is InChI=1S/C17H15Cl2NO6/c1-9-5-11(26-15(9)17(23)24-2)8-25-14(21)7-20-16(22)10-3-4-12(18)13(19)6-10/h3-6H,7-8H2,1-2H3,(H,20,22). The van der Waals surface area contributed by atoms with Crippen LogP contribution in [0.4, 0.5) is 0 Å². The van der Waals surface area contributed by atoms with Crippen LogP contribution in [0.25, 0.3) is 0 Å². The molecule has 9 heteroatoms. The Labute approximate surface area is 159 Å². The topological polar surface area (TPSA) is 94.8 Å². The highest BCUT2D eigenvalue weighted by molar-refractivity contribution is 6.42. The molecular formula is C17H15Cl2NO6. The summed E-state index contributed by atoms with van der Waals surface area (Å²) in [5, 5.41) is 2.96. The number of furan rings is 1. The molecule has 1 N–H and O–H groups in total. The van der Waals surface area contributed by atoms with Crippen molar-refractivity contribution in [1.82, 2.24) is 5.32 Å². The fourth-order valence-corrected chi connectivity index (χ4v) is 2.31. The van der Waals surface area contributed by atoms with Gasteiger partial charge in [0.2, 0.25) is 5.76 Å². The summed E-state index contributed by atoms with van der Waals surface area (Å²) in [6.07, 6.45) is 0. The van der Waals surface area contributed by atoms with Crippen molar-refractivity contribution in [2.45, 2.75) is 13.5 Å². The number of rotatable bonds is 6. The third-order valence-electron chi connectivity index (χ3n) is 3.29. The number of benzene rings is 1. The first-order valence-corrected chi connectivity index (χ1v) is 8.14. The van der Waals surface area contributed by atoms with Crippen LogP contribution in [0.2, 0.25) is 10.0 Å². The molecule has 0 saturated heterocycles. The van der Waals surface area contributed by atoms with Gasteiger partial charge in [0.1, 0.15) is 18.9 Å². The number of halogens is 2. The van der Waals surface area contributed by atoms with E-state index in [0.717, 1.165) is 0 Å². The highest BCUT2D eigenvalue weighted by Crippen LogP contribution is 2.22. The van der Waals surface area contributed by atoms with E-state index in [-0.39, 0.29) is 35.3 Å². The third-order valence-corrected chi connectivity index (χ3v) is 4.03. The average Bonchev–Trinajstić information content (AvgIpc) is 3.00. The number of nitrogens with one attached hydrogen (secondary N) is 1. The van der Waals surface area contributed by atoms with Gasteiger partial charge in [-0.3, -0.25) is 9.59 Å². The Balaban J connectivity index is 1.84. The van der Waals surface area contributed by atoms with E-state index in [1.165, 1.54) is 25.3 Å². The molecule has 138 valence electrons. The van der Waals surface area contributed by atoms with Crippen LogP contribution in [-0.4, -0.2) is 31.5 Å². The zero-order valence-electron chi connectivity index (χ0n) is 13.9. The van der Waals surface area contributed by atoms with Crippen molar-refractivity contribution in [2.24, 2.45) is 0 Å². The second-order valence-corrected chi connectivity index (χ2v) is 6.00. The van der Waals surface area contributed by atoms with Gasteiger partial charge >= 0.3 is 11.9 Å². The maximum absolute atomic E-state index is 12.0. The lowest BCUT2D eigenvalue weighted by molar-refractivity contribution is -0.144. The molecule has 7 nitrogen and oxygen atoms in total. The summed E-state index contributed by atoms with van der Waals surface area (Å²) in [7, 11) is 1.24. The van der Waals surface area contributed by atoms with Crippen molar-refractivity contribution >= 4 is 41.0 Å². The van der Waals surface area contributed by atoms with Crippen LogP contribution >= 0.6 is 23.2 Å². The Morgan fingerprint density at radius 3 is 2.54 bits per heavy atom. The van der Waals surface area contributed by atoms with Gasteiger partial charge in [0, 0.05) is 11.1 Å². The van der Waals surface area contributed by atoms with E-state index in [1.54, 1.807) is 13.0 Å². The van der Waals surface area contributed by atoms with Crippen LogP contribution in [0, 0.1) is 6.92 Å². The fourth-order valence-electron chi connectivity index (χ4n) is 2.01. The summed E-state index contributed by atoms with van der Waals surface area (Å²) < 4.78 is 14.8. The minimum absolute atomic E-state index is 0.0477. The Bertz CT molecular complexity index is 846. The number of carbonyl (C=O) groups excluding carboxylic acids is 3. The number of hydrogen-bond donors (Lipinski definition) is 1.